The zero-order chi connectivity index (χ0) is 12.3. The maximum Gasteiger partial charge on any atom is 0.217 e. The van der Waals surface area contributed by atoms with Crippen LogP contribution in [0.5, 0.6) is 0 Å². The van der Waals surface area contributed by atoms with E-state index in [1.807, 2.05) is 0 Å². The number of nitrogens with two attached hydrogens (primary N) is 1. The lowest BCUT2D eigenvalue weighted by molar-refractivity contribution is -0.119. The fourth-order valence-corrected chi connectivity index (χ4v) is 3.30. The van der Waals surface area contributed by atoms with Crippen LogP contribution < -0.4 is 5.73 Å². The van der Waals surface area contributed by atoms with Gasteiger partial charge >= 0.3 is 0 Å². The topological polar surface area (TPSA) is 70.1 Å². The van der Waals surface area contributed by atoms with Crippen LogP contribution in [0.4, 0.5) is 0 Å². The molecule has 0 radical (unpaired) electrons. The van der Waals surface area contributed by atoms with Gasteiger partial charge in [-0.25, -0.2) is 0 Å². The van der Waals surface area contributed by atoms with Crippen LogP contribution in [-0.2, 0) is 4.79 Å². The predicted molar refractivity (Wildman–Crippen MR) is 64.9 cm³/mol. The minimum atomic E-state index is -0.181. The summed E-state index contributed by atoms with van der Waals surface area (Å²) in [5, 5.41) is 9.10. The van der Waals surface area contributed by atoms with Gasteiger partial charge in [0.05, 0.1) is 12.0 Å². The van der Waals surface area contributed by atoms with Gasteiger partial charge in [0.2, 0.25) is 5.91 Å². The molecule has 4 nitrogen and oxygen atoms in total. The predicted octanol–water partition coefficient (Wildman–Crippen LogP) is 1.27. The number of carbonyl (C=O) groups excluding carboxylic acids is 1. The number of hydrogen-bond donors (Lipinski definition) is 1. The van der Waals surface area contributed by atoms with Gasteiger partial charge in [-0.15, -0.1) is 0 Å². The third-order valence-corrected chi connectivity index (χ3v) is 4.25. The molecule has 1 amide bonds. The molecule has 2 unspecified atom stereocenters. The van der Waals surface area contributed by atoms with E-state index < -0.39 is 0 Å². The van der Waals surface area contributed by atoms with Crippen molar-refractivity contribution in [1.82, 2.24) is 4.90 Å². The molecule has 2 fully saturated rings. The van der Waals surface area contributed by atoms with Crippen molar-refractivity contribution in [3.63, 3.8) is 0 Å². The molecular formula is C13H21N3O. The monoisotopic (exact) mass is 235 g/mol. The molecule has 0 spiro atoms. The number of primary amides is 1. The standard InChI is InChI=1S/C13H21N3O/c14-9-11-2-1-3-12(11)16-6-4-10(5-7-16)8-13(15)17/h10-12H,1-8H2,(H2,15,17). The summed E-state index contributed by atoms with van der Waals surface area (Å²) in [5.74, 6) is 0.507. The van der Waals surface area contributed by atoms with Gasteiger partial charge in [0, 0.05) is 12.5 Å². The number of rotatable bonds is 3. The van der Waals surface area contributed by atoms with Gasteiger partial charge in [-0.05, 0) is 44.7 Å². The minimum absolute atomic E-state index is 0.181. The Labute approximate surface area is 103 Å². The fraction of sp³-hybridized carbons (Fsp3) is 0.846. The number of nitriles is 1. The lowest BCUT2D eigenvalue weighted by atomic mass is 9.91. The van der Waals surface area contributed by atoms with Crippen molar-refractivity contribution >= 4 is 5.91 Å². The Morgan fingerprint density at radius 2 is 2.00 bits per heavy atom. The Morgan fingerprint density at radius 3 is 2.59 bits per heavy atom. The SMILES string of the molecule is N#CC1CCCC1N1CCC(CC(N)=O)CC1. The average Bonchev–Trinajstić information content (AvgIpc) is 2.77. The van der Waals surface area contributed by atoms with E-state index >= 15 is 0 Å². The summed E-state index contributed by atoms with van der Waals surface area (Å²) in [6, 6.07) is 2.91. The summed E-state index contributed by atoms with van der Waals surface area (Å²) < 4.78 is 0. The molecule has 1 aliphatic heterocycles. The summed E-state index contributed by atoms with van der Waals surface area (Å²) in [6.45, 7) is 2.06. The second kappa shape index (κ2) is 5.50. The second-order valence-corrected chi connectivity index (χ2v) is 5.38. The number of hydrogen-bond acceptors (Lipinski definition) is 3. The molecule has 2 aliphatic rings. The smallest absolute Gasteiger partial charge is 0.217 e. The summed E-state index contributed by atoms with van der Waals surface area (Å²) in [4.78, 5) is 13.3. The van der Waals surface area contributed by atoms with Crippen LogP contribution in [0, 0.1) is 23.2 Å². The number of amides is 1. The lowest BCUT2D eigenvalue weighted by Gasteiger charge is -2.36. The van der Waals surface area contributed by atoms with Gasteiger partial charge < -0.3 is 5.73 Å². The number of piperidine rings is 1. The third-order valence-electron chi connectivity index (χ3n) is 4.25. The molecule has 0 aromatic carbocycles. The zero-order valence-electron chi connectivity index (χ0n) is 10.3. The van der Waals surface area contributed by atoms with E-state index in [0.29, 0.717) is 18.4 Å². The van der Waals surface area contributed by atoms with Gasteiger partial charge in [-0.2, -0.15) is 5.26 Å². The van der Waals surface area contributed by atoms with E-state index in [4.69, 9.17) is 11.0 Å². The van der Waals surface area contributed by atoms with Gasteiger partial charge in [-0.1, -0.05) is 6.42 Å². The van der Waals surface area contributed by atoms with E-state index in [2.05, 4.69) is 11.0 Å². The van der Waals surface area contributed by atoms with Gasteiger partial charge in [0.15, 0.2) is 0 Å². The van der Waals surface area contributed by atoms with Crippen LogP contribution >= 0.6 is 0 Å². The van der Waals surface area contributed by atoms with Crippen molar-refractivity contribution in [3.8, 4) is 6.07 Å². The van der Waals surface area contributed by atoms with E-state index in [1.54, 1.807) is 0 Å². The van der Waals surface area contributed by atoms with E-state index in [1.165, 1.54) is 12.8 Å². The number of carbonyl (C=O) groups is 1. The van der Waals surface area contributed by atoms with Crippen molar-refractivity contribution in [2.45, 2.75) is 44.6 Å². The highest BCUT2D eigenvalue weighted by atomic mass is 16.1. The molecule has 0 bridgehead atoms. The van der Waals surface area contributed by atoms with E-state index in [0.717, 1.165) is 32.4 Å². The highest BCUT2D eigenvalue weighted by Crippen LogP contribution is 2.32. The summed E-state index contributed by atoms with van der Waals surface area (Å²) in [7, 11) is 0. The average molecular weight is 235 g/mol. The highest BCUT2D eigenvalue weighted by Gasteiger charge is 2.34. The molecule has 4 heteroatoms. The third kappa shape index (κ3) is 2.98. The quantitative estimate of drug-likeness (QED) is 0.800. The first-order chi connectivity index (χ1) is 8.20. The summed E-state index contributed by atoms with van der Waals surface area (Å²) in [6.07, 6.45) is 6.04. The summed E-state index contributed by atoms with van der Waals surface area (Å²) in [5.41, 5.74) is 5.23. The molecule has 1 heterocycles. The zero-order valence-corrected chi connectivity index (χ0v) is 10.3. The molecule has 1 saturated heterocycles. The Bertz CT molecular complexity index is 315. The Hall–Kier alpha value is -1.08. The van der Waals surface area contributed by atoms with E-state index in [-0.39, 0.29) is 11.8 Å². The first-order valence-electron chi connectivity index (χ1n) is 6.62. The normalized spacial score (nSPS) is 31.2. The number of nitrogens with zero attached hydrogens (tertiary/aromatic N) is 2. The molecule has 2 atom stereocenters. The van der Waals surface area contributed by atoms with Crippen molar-refractivity contribution in [2.75, 3.05) is 13.1 Å². The van der Waals surface area contributed by atoms with Crippen LogP contribution in [0.1, 0.15) is 38.5 Å². The molecule has 0 aromatic rings. The largest absolute Gasteiger partial charge is 0.370 e. The highest BCUT2D eigenvalue weighted by molar-refractivity contribution is 5.73. The van der Waals surface area contributed by atoms with Gasteiger partial charge in [-0.3, -0.25) is 9.69 Å². The first kappa shape index (κ1) is 12.4. The van der Waals surface area contributed by atoms with Gasteiger partial charge in [0.1, 0.15) is 0 Å². The van der Waals surface area contributed by atoms with Crippen LogP contribution in [0.15, 0.2) is 0 Å². The summed E-state index contributed by atoms with van der Waals surface area (Å²) >= 11 is 0. The number of likely N-dealkylation sites (tertiary alicyclic amines) is 1. The van der Waals surface area contributed by atoms with Crippen molar-refractivity contribution < 1.29 is 4.79 Å². The van der Waals surface area contributed by atoms with Crippen LogP contribution in [0.2, 0.25) is 0 Å². The molecule has 2 rings (SSSR count). The molecular weight excluding hydrogens is 214 g/mol. The van der Waals surface area contributed by atoms with Crippen LogP contribution in [0.3, 0.4) is 0 Å². The first-order valence-corrected chi connectivity index (χ1v) is 6.62. The maximum atomic E-state index is 10.9. The molecule has 1 saturated carbocycles. The second-order valence-electron chi connectivity index (χ2n) is 5.38. The lowest BCUT2D eigenvalue weighted by Crippen LogP contribution is -2.43. The molecule has 94 valence electrons. The van der Waals surface area contributed by atoms with Gasteiger partial charge in [0.25, 0.3) is 0 Å². The maximum absolute atomic E-state index is 10.9. The fourth-order valence-electron chi connectivity index (χ4n) is 3.30. The molecule has 1 aliphatic carbocycles. The van der Waals surface area contributed by atoms with Crippen LogP contribution in [-0.4, -0.2) is 29.9 Å². The molecule has 0 aromatic heterocycles. The Kier molecular flexibility index (Phi) is 4.01. The Morgan fingerprint density at radius 1 is 1.29 bits per heavy atom. The van der Waals surface area contributed by atoms with Crippen molar-refractivity contribution in [2.24, 2.45) is 17.6 Å². The van der Waals surface area contributed by atoms with Crippen LogP contribution in [0.25, 0.3) is 0 Å². The Balaban J connectivity index is 1.83. The molecule has 17 heavy (non-hydrogen) atoms. The molecule has 2 N–H and O–H groups in total. The van der Waals surface area contributed by atoms with E-state index in [9.17, 15) is 4.79 Å². The minimum Gasteiger partial charge on any atom is -0.370 e. The van der Waals surface area contributed by atoms with Crippen molar-refractivity contribution in [3.05, 3.63) is 0 Å². The van der Waals surface area contributed by atoms with Crippen molar-refractivity contribution in [1.29, 1.82) is 5.26 Å².